The molecule has 0 aromatic heterocycles. The summed E-state index contributed by atoms with van der Waals surface area (Å²) >= 11 is 0. The van der Waals surface area contributed by atoms with Crippen molar-refractivity contribution in [3.63, 3.8) is 0 Å². The van der Waals surface area contributed by atoms with Crippen LogP contribution in [0.4, 0.5) is 0 Å². The van der Waals surface area contributed by atoms with Crippen molar-refractivity contribution in [1.82, 2.24) is 5.32 Å². The van der Waals surface area contributed by atoms with E-state index in [0.717, 1.165) is 38.5 Å². The van der Waals surface area contributed by atoms with Gasteiger partial charge >= 0.3 is 5.97 Å². The molecule has 426 valence electrons. The van der Waals surface area contributed by atoms with Crippen LogP contribution in [-0.4, -0.2) is 47.4 Å². The van der Waals surface area contributed by atoms with Crippen LogP contribution in [0.2, 0.25) is 0 Å². The fraction of sp³-hybridized carbons (Fsp3) is 0.909. The van der Waals surface area contributed by atoms with Crippen LogP contribution >= 0.6 is 0 Å². The molecule has 0 aromatic rings. The number of carbonyl (C=O) groups excluding carboxylic acids is 2. The van der Waals surface area contributed by atoms with E-state index in [1.165, 1.54) is 295 Å². The normalized spacial score (nSPS) is 12.7. The minimum atomic E-state index is -0.843. The first-order valence-corrected chi connectivity index (χ1v) is 32.6. The van der Waals surface area contributed by atoms with Gasteiger partial charge in [-0.25, -0.2) is 0 Å². The second-order valence-electron chi connectivity index (χ2n) is 22.5. The molecule has 0 fully saturated rings. The van der Waals surface area contributed by atoms with Gasteiger partial charge in [0.1, 0.15) is 0 Å². The zero-order chi connectivity index (χ0) is 52.2. The van der Waals surface area contributed by atoms with Gasteiger partial charge in [-0.1, -0.05) is 314 Å². The minimum Gasteiger partial charge on any atom is -0.466 e. The highest BCUT2D eigenvalue weighted by molar-refractivity contribution is 5.76. The number of rotatable bonds is 61. The van der Waals surface area contributed by atoms with Crippen molar-refractivity contribution in [2.75, 3.05) is 13.2 Å². The van der Waals surface area contributed by atoms with E-state index in [1.54, 1.807) is 6.08 Å². The highest BCUT2D eigenvalue weighted by atomic mass is 16.5. The van der Waals surface area contributed by atoms with Gasteiger partial charge in [0.2, 0.25) is 5.91 Å². The predicted molar refractivity (Wildman–Crippen MR) is 315 cm³/mol. The third-order valence-electron chi connectivity index (χ3n) is 15.2. The molecule has 0 heterocycles. The van der Waals surface area contributed by atoms with Crippen LogP contribution in [0.5, 0.6) is 0 Å². The van der Waals surface area contributed by atoms with Gasteiger partial charge in [-0.05, 0) is 57.8 Å². The van der Waals surface area contributed by atoms with Crippen LogP contribution in [0.3, 0.4) is 0 Å². The Labute approximate surface area is 450 Å². The van der Waals surface area contributed by atoms with Crippen molar-refractivity contribution >= 4 is 11.9 Å². The first kappa shape index (κ1) is 70.3. The monoisotopic (exact) mass is 1010 g/mol. The molecule has 1 amide bonds. The summed E-state index contributed by atoms with van der Waals surface area (Å²) in [5.74, 6) is -0.0486. The largest absolute Gasteiger partial charge is 0.466 e. The summed E-state index contributed by atoms with van der Waals surface area (Å²) in [6.45, 7) is 4.92. The molecule has 0 rings (SSSR count). The van der Waals surface area contributed by atoms with Gasteiger partial charge in [-0.3, -0.25) is 9.59 Å². The number of aliphatic hydroxyl groups excluding tert-OH is 2. The van der Waals surface area contributed by atoms with Crippen molar-refractivity contribution < 1.29 is 24.5 Å². The summed E-state index contributed by atoms with van der Waals surface area (Å²) < 4.78 is 5.49. The van der Waals surface area contributed by atoms with Crippen molar-refractivity contribution in [2.45, 2.75) is 373 Å². The van der Waals surface area contributed by atoms with Crippen LogP contribution in [-0.2, 0) is 14.3 Å². The van der Waals surface area contributed by atoms with E-state index in [0.29, 0.717) is 19.4 Å². The third-order valence-corrected chi connectivity index (χ3v) is 15.2. The summed E-state index contributed by atoms with van der Waals surface area (Å²) in [6, 6.07) is -0.626. The highest BCUT2D eigenvalue weighted by Gasteiger charge is 2.18. The van der Waals surface area contributed by atoms with Gasteiger partial charge in [0.05, 0.1) is 25.4 Å². The molecule has 2 unspecified atom stereocenters. The Morgan fingerprint density at radius 2 is 0.653 bits per heavy atom. The van der Waals surface area contributed by atoms with Gasteiger partial charge in [0.25, 0.3) is 0 Å². The molecular formula is C66H127NO5. The van der Waals surface area contributed by atoms with Gasteiger partial charge < -0.3 is 20.3 Å². The molecule has 0 bridgehead atoms. The van der Waals surface area contributed by atoms with E-state index in [4.69, 9.17) is 4.74 Å². The standard InChI is InChI=1S/C66H127NO5/c1-3-5-7-9-11-13-15-17-32-36-40-44-48-52-56-60-66(71)72-61-57-53-49-45-41-37-34-31-29-27-25-23-21-19-18-20-22-24-26-28-30-33-35-39-43-47-51-55-59-65(70)67-63(62-68)64(69)58-54-50-46-42-38-16-14-12-10-8-6-4-2/h18-19,54,58,63-64,68-69H,3-17,20-53,55-57,59-62H2,1-2H3,(H,67,70)/b19-18-,58-54+. The van der Waals surface area contributed by atoms with Gasteiger partial charge in [0, 0.05) is 12.8 Å². The molecule has 3 N–H and O–H groups in total. The molecule has 0 saturated heterocycles. The van der Waals surface area contributed by atoms with E-state index >= 15 is 0 Å². The lowest BCUT2D eigenvalue weighted by Gasteiger charge is -2.20. The lowest BCUT2D eigenvalue weighted by Crippen LogP contribution is -2.45. The zero-order valence-corrected chi connectivity index (χ0v) is 48.7. The maximum Gasteiger partial charge on any atom is 0.305 e. The second-order valence-corrected chi connectivity index (χ2v) is 22.5. The molecule has 72 heavy (non-hydrogen) atoms. The van der Waals surface area contributed by atoms with Gasteiger partial charge in [-0.2, -0.15) is 0 Å². The topological polar surface area (TPSA) is 95.9 Å². The number of nitrogens with one attached hydrogen (secondary N) is 1. The number of ether oxygens (including phenoxy) is 1. The summed E-state index contributed by atoms with van der Waals surface area (Å²) in [4.78, 5) is 24.5. The molecule has 0 aliphatic carbocycles. The molecule has 0 aromatic carbocycles. The number of aliphatic hydroxyl groups is 2. The minimum absolute atomic E-state index is 0.0187. The predicted octanol–water partition coefficient (Wildman–Crippen LogP) is 20.6. The zero-order valence-electron chi connectivity index (χ0n) is 48.7. The number of allylic oxidation sites excluding steroid dienone is 3. The van der Waals surface area contributed by atoms with E-state index in [1.807, 2.05) is 6.08 Å². The Morgan fingerprint density at radius 3 is 0.986 bits per heavy atom. The average molecular weight is 1010 g/mol. The van der Waals surface area contributed by atoms with Crippen LogP contribution in [0.15, 0.2) is 24.3 Å². The summed E-state index contributed by atoms with van der Waals surface area (Å²) in [5.41, 5.74) is 0. The van der Waals surface area contributed by atoms with E-state index < -0.39 is 12.1 Å². The van der Waals surface area contributed by atoms with Crippen LogP contribution in [0, 0.1) is 0 Å². The first-order chi connectivity index (χ1) is 35.5. The Morgan fingerprint density at radius 1 is 0.375 bits per heavy atom. The fourth-order valence-electron chi connectivity index (χ4n) is 10.2. The third kappa shape index (κ3) is 57.6. The summed E-state index contributed by atoms with van der Waals surface area (Å²) in [7, 11) is 0. The number of hydrogen-bond donors (Lipinski definition) is 3. The quantitative estimate of drug-likeness (QED) is 0.0320. The van der Waals surface area contributed by atoms with Gasteiger partial charge in [0.15, 0.2) is 0 Å². The lowest BCUT2D eigenvalue weighted by atomic mass is 10.0. The molecule has 0 spiro atoms. The molecule has 0 aliphatic rings. The number of hydrogen-bond acceptors (Lipinski definition) is 5. The van der Waals surface area contributed by atoms with Crippen molar-refractivity contribution in [3.8, 4) is 0 Å². The highest BCUT2D eigenvalue weighted by Crippen LogP contribution is 2.18. The molecule has 0 radical (unpaired) electrons. The molecule has 0 aliphatic heterocycles. The Hall–Kier alpha value is -1.66. The number of amides is 1. The maximum atomic E-state index is 12.4. The fourth-order valence-corrected chi connectivity index (χ4v) is 10.2. The molecule has 0 saturated carbocycles. The second kappa shape index (κ2) is 61.9. The van der Waals surface area contributed by atoms with E-state index in [2.05, 4.69) is 31.3 Å². The van der Waals surface area contributed by atoms with E-state index in [9.17, 15) is 19.8 Å². The Bertz CT molecular complexity index is 1120. The SMILES string of the molecule is CCCCCCCCCCCC/C=C/C(O)C(CO)NC(=O)CCCCCCCCCCCCCC/C=C\CCCCCCCCCCCCCCOC(=O)CCCCCCCCCCCCCCCCC. The average Bonchev–Trinajstić information content (AvgIpc) is 3.38. The van der Waals surface area contributed by atoms with Gasteiger partial charge in [-0.15, -0.1) is 0 Å². The summed E-state index contributed by atoms with van der Waals surface area (Å²) in [5, 5.41) is 23.1. The van der Waals surface area contributed by atoms with Crippen molar-refractivity contribution in [3.05, 3.63) is 24.3 Å². The number of unbranched alkanes of at least 4 members (excludes halogenated alkanes) is 48. The summed E-state index contributed by atoms with van der Waals surface area (Å²) in [6.07, 6.45) is 76.7. The molecule has 2 atom stereocenters. The van der Waals surface area contributed by atoms with Crippen LogP contribution < -0.4 is 5.32 Å². The molecule has 6 heteroatoms. The molecular weight excluding hydrogens is 887 g/mol. The molecule has 6 nitrogen and oxygen atoms in total. The van der Waals surface area contributed by atoms with Crippen molar-refractivity contribution in [1.29, 1.82) is 0 Å². The smallest absolute Gasteiger partial charge is 0.305 e. The Balaban J connectivity index is 3.36. The van der Waals surface area contributed by atoms with E-state index in [-0.39, 0.29) is 18.5 Å². The lowest BCUT2D eigenvalue weighted by molar-refractivity contribution is -0.143. The van der Waals surface area contributed by atoms with Crippen LogP contribution in [0.25, 0.3) is 0 Å². The number of carbonyl (C=O) groups is 2. The first-order valence-electron chi connectivity index (χ1n) is 32.6. The van der Waals surface area contributed by atoms with Crippen molar-refractivity contribution in [2.24, 2.45) is 0 Å². The van der Waals surface area contributed by atoms with Crippen LogP contribution in [0.1, 0.15) is 361 Å². The maximum absolute atomic E-state index is 12.4. The Kier molecular flexibility index (Phi) is 60.5. The number of esters is 1.